The number of carbonyl (C=O) groups excluding carboxylic acids is 3. The van der Waals surface area contributed by atoms with Crippen molar-refractivity contribution < 1.29 is 23.5 Å². The lowest BCUT2D eigenvalue weighted by atomic mass is 10.2. The van der Waals surface area contributed by atoms with Crippen LogP contribution in [0.15, 0.2) is 53.1 Å². The summed E-state index contributed by atoms with van der Waals surface area (Å²) in [6, 6.07) is 12.5. The van der Waals surface area contributed by atoms with Gasteiger partial charge in [0, 0.05) is 37.1 Å². The van der Waals surface area contributed by atoms with Gasteiger partial charge in [-0.2, -0.15) is 0 Å². The zero-order chi connectivity index (χ0) is 20.4. The summed E-state index contributed by atoms with van der Waals surface area (Å²) in [6.45, 7) is 3.10. The van der Waals surface area contributed by atoms with E-state index in [1.54, 1.807) is 34.9 Å². The van der Waals surface area contributed by atoms with Gasteiger partial charge >= 0.3 is 5.97 Å². The SMILES string of the molecule is C[C@H](OC(=O)c1cc2ccccc2[nH]1)C(=O)N1CCN(C(=O)c2ccco2)CC1. The minimum atomic E-state index is -0.916. The number of benzene rings is 1. The molecule has 8 heteroatoms. The first kappa shape index (κ1) is 18.8. The van der Waals surface area contributed by atoms with E-state index in [0.717, 1.165) is 10.9 Å². The molecule has 2 amide bonds. The summed E-state index contributed by atoms with van der Waals surface area (Å²) < 4.78 is 10.5. The van der Waals surface area contributed by atoms with Crippen LogP contribution >= 0.6 is 0 Å². The third-order valence-corrected chi connectivity index (χ3v) is 4.99. The van der Waals surface area contributed by atoms with E-state index in [2.05, 4.69) is 4.98 Å². The number of H-pyrrole nitrogens is 1. The number of nitrogens with zero attached hydrogens (tertiary/aromatic N) is 2. The monoisotopic (exact) mass is 395 g/mol. The number of hydrogen-bond donors (Lipinski definition) is 1. The van der Waals surface area contributed by atoms with Gasteiger partial charge in [-0.05, 0) is 31.2 Å². The van der Waals surface area contributed by atoms with Crippen molar-refractivity contribution in [2.24, 2.45) is 0 Å². The van der Waals surface area contributed by atoms with Crippen LogP contribution in [0.5, 0.6) is 0 Å². The Balaban J connectivity index is 1.32. The molecule has 1 fully saturated rings. The lowest BCUT2D eigenvalue weighted by Gasteiger charge is -2.35. The molecule has 0 saturated carbocycles. The zero-order valence-electron chi connectivity index (χ0n) is 16.0. The van der Waals surface area contributed by atoms with Crippen molar-refractivity contribution in [1.29, 1.82) is 0 Å². The van der Waals surface area contributed by atoms with Gasteiger partial charge in [-0.15, -0.1) is 0 Å². The molecule has 4 rings (SSSR count). The number of amides is 2. The molecule has 0 radical (unpaired) electrons. The second kappa shape index (κ2) is 7.83. The first-order chi connectivity index (χ1) is 14.0. The highest BCUT2D eigenvalue weighted by Gasteiger charge is 2.30. The van der Waals surface area contributed by atoms with Crippen LogP contribution in [0.4, 0.5) is 0 Å². The maximum absolute atomic E-state index is 12.7. The van der Waals surface area contributed by atoms with E-state index in [1.807, 2.05) is 24.3 Å². The van der Waals surface area contributed by atoms with Gasteiger partial charge in [-0.1, -0.05) is 18.2 Å². The number of fused-ring (bicyclic) bond motifs is 1. The topological polar surface area (TPSA) is 95.9 Å². The number of furan rings is 1. The Morgan fingerprint density at radius 3 is 2.45 bits per heavy atom. The molecule has 0 aliphatic carbocycles. The molecule has 0 bridgehead atoms. The van der Waals surface area contributed by atoms with Crippen molar-refractivity contribution in [2.75, 3.05) is 26.2 Å². The van der Waals surface area contributed by atoms with Gasteiger partial charge < -0.3 is 23.9 Å². The number of piperazine rings is 1. The van der Waals surface area contributed by atoms with Crippen molar-refractivity contribution in [3.05, 3.63) is 60.2 Å². The number of carbonyl (C=O) groups is 3. The van der Waals surface area contributed by atoms with Crippen molar-refractivity contribution >= 4 is 28.7 Å². The van der Waals surface area contributed by atoms with E-state index < -0.39 is 12.1 Å². The molecule has 150 valence electrons. The summed E-state index contributed by atoms with van der Waals surface area (Å²) in [5, 5.41) is 0.899. The highest BCUT2D eigenvalue weighted by molar-refractivity contribution is 5.96. The molecular formula is C21H21N3O5. The predicted octanol–water partition coefficient (Wildman–Crippen LogP) is 2.29. The van der Waals surface area contributed by atoms with E-state index in [1.165, 1.54) is 6.26 Å². The van der Waals surface area contributed by atoms with E-state index in [9.17, 15) is 14.4 Å². The molecule has 8 nitrogen and oxygen atoms in total. The van der Waals surface area contributed by atoms with Crippen molar-refractivity contribution in [1.82, 2.24) is 14.8 Å². The van der Waals surface area contributed by atoms with E-state index in [0.29, 0.717) is 31.9 Å². The van der Waals surface area contributed by atoms with Gasteiger partial charge in [0.1, 0.15) is 5.69 Å². The minimum Gasteiger partial charge on any atom is -0.459 e. The lowest BCUT2D eigenvalue weighted by Crippen LogP contribution is -2.53. The fourth-order valence-corrected chi connectivity index (χ4v) is 3.40. The molecular weight excluding hydrogens is 374 g/mol. The zero-order valence-corrected chi connectivity index (χ0v) is 16.0. The molecule has 1 aliphatic heterocycles. The average molecular weight is 395 g/mol. The van der Waals surface area contributed by atoms with Gasteiger partial charge in [-0.3, -0.25) is 9.59 Å². The fourth-order valence-electron chi connectivity index (χ4n) is 3.40. The Hall–Kier alpha value is -3.55. The van der Waals surface area contributed by atoms with Gasteiger partial charge in [0.25, 0.3) is 11.8 Å². The molecule has 1 atom stereocenters. The van der Waals surface area contributed by atoms with Crippen molar-refractivity contribution in [3.63, 3.8) is 0 Å². The first-order valence-corrected chi connectivity index (χ1v) is 9.43. The number of para-hydroxylation sites is 1. The van der Waals surface area contributed by atoms with Crippen molar-refractivity contribution in [3.8, 4) is 0 Å². The maximum Gasteiger partial charge on any atom is 0.355 e. The standard InChI is InChI=1S/C21H21N3O5/c1-14(29-21(27)17-13-15-5-2-3-6-16(15)22-17)19(25)23-8-10-24(11-9-23)20(26)18-7-4-12-28-18/h2-7,12-14,22H,8-11H2,1H3/t14-/m0/s1. The van der Waals surface area contributed by atoms with Crippen LogP contribution in [0.2, 0.25) is 0 Å². The van der Waals surface area contributed by atoms with E-state index in [-0.39, 0.29) is 17.6 Å². The maximum atomic E-state index is 12.7. The summed E-state index contributed by atoms with van der Waals surface area (Å²) in [5.41, 5.74) is 1.13. The molecule has 1 aliphatic rings. The summed E-state index contributed by atoms with van der Waals surface area (Å²) >= 11 is 0. The number of nitrogens with one attached hydrogen (secondary N) is 1. The smallest absolute Gasteiger partial charge is 0.355 e. The Morgan fingerprint density at radius 1 is 1.03 bits per heavy atom. The summed E-state index contributed by atoms with van der Waals surface area (Å²) in [5.74, 6) is -0.765. The number of ether oxygens (including phenoxy) is 1. The number of aromatic amines is 1. The van der Waals surface area contributed by atoms with Crippen LogP contribution in [-0.2, 0) is 9.53 Å². The largest absolute Gasteiger partial charge is 0.459 e. The van der Waals surface area contributed by atoms with Crippen LogP contribution in [0.3, 0.4) is 0 Å². The van der Waals surface area contributed by atoms with Crippen molar-refractivity contribution in [2.45, 2.75) is 13.0 Å². The molecule has 0 spiro atoms. The normalized spacial score (nSPS) is 15.3. The van der Waals surface area contributed by atoms with Gasteiger partial charge in [0.15, 0.2) is 11.9 Å². The van der Waals surface area contributed by atoms with Crippen LogP contribution in [0.25, 0.3) is 10.9 Å². The van der Waals surface area contributed by atoms with Crippen LogP contribution in [0, 0.1) is 0 Å². The quantitative estimate of drug-likeness (QED) is 0.684. The third kappa shape index (κ3) is 3.87. The summed E-state index contributed by atoms with van der Waals surface area (Å²) in [4.78, 5) is 43.6. The molecule has 3 heterocycles. The van der Waals surface area contributed by atoms with E-state index >= 15 is 0 Å². The Kier molecular flexibility index (Phi) is 5.07. The molecule has 1 aromatic carbocycles. The van der Waals surface area contributed by atoms with Crippen LogP contribution in [-0.4, -0.2) is 64.9 Å². The van der Waals surface area contributed by atoms with Crippen LogP contribution in [0.1, 0.15) is 28.0 Å². The summed E-state index contributed by atoms with van der Waals surface area (Å²) in [7, 11) is 0. The number of esters is 1. The molecule has 1 saturated heterocycles. The summed E-state index contributed by atoms with van der Waals surface area (Å²) in [6.07, 6.45) is 0.539. The number of aromatic nitrogens is 1. The number of rotatable bonds is 4. The molecule has 2 aromatic heterocycles. The highest BCUT2D eigenvalue weighted by atomic mass is 16.5. The predicted molar refractivity (Wildman–Crippen MR) is 104 cm³/mol. The van der Waals surface area contributed by atoms with E-state index in [4.69, 9.17) is 9.15 Å². The highest BCUT2D eigenvalue weighted by Crippen LogP contribution is 2.16. The van der Waals surface area contributed by atoms with Gasteiger partial charge in [-0.25, -0.2) is 4.79 Å². The minimum absolute atomic E-state index is 0.194. The molecule has 3 aromatic rings. The molecule has 0 unspecified atom stereocenters. The lowest BCUT2D eigenvalue weighted by molar-refractivity contribution is -0.141. The second-order valence-corrected chi connectivity index (χ2v) is 6.91. The Morgan fingerprint density at radius 2 is 1.76 bits per heavy atom. The third-order valence-electron chi connectivity index (χ3n) is 4.99. The first-order valence-electron chi connectivity index (χ1n) is 9.43. The Bertz CT molecular complexity index is 999. The van der Waals surface area contributed by atoms with Gasteiger partial charge in [0.2, 0.25) is 0 Å². The molecule has 1 N–H and O–H groups in total. The van der Waals surface area contributed by atoms with Gasteiger partial charge in [0.05, 0.1) is 6.26 Å². The molecule has 29 heavy (non-hydrogen) atoms. The van der Waals surface area contributed by atoms with Crippen LogP contribution < -0.4 is 0 Å². The fraction of sp³-hybridized carbons (Fsp3) is 0.286. The Labute approximate surface area is 167 Å². The second-order valence-electron chi connectivity index (χ2n) is 6.91. The number of hydrogen-bond acceptors (Lipinski definition) is 5. The average Bonchev–Trinajstić information content (AvgIpc) is 3.42.